The molecule has 0 unspecified atom stereocenters. The van der Waals surface area contributed by atoms with Crippen molar-refractivity contribution in [3.8, 4) is 0 Å². The molecule has 0 aromatic carbocycles. The Morgan fingerprint density at radius 2 is 2.00 bits per heavy atom. The zero-order valence-corrected chi connectivity index (χ0v) is 18.1. The van der Waals surface area contributed by atoms with Gasteiger partial charge in [-0.25, -0.2) is 9.48 Å². The molecular formula is C20H22F3N3O4S. The van der Waals surface area contributed by atoms with Crippen molar-refractivity contribution in [3.63, 3.8) is 0 Å². The van der Waals surface area contributed by atoms with Gasteiger partial charge in [0, 0.05) is 10.8 Å². The lowest BCUT2D eigenvalue weighted by Gasteiger charge is -2.12. The first-order valence-electron chi connectivity index (χ1n) is 9.85. The number of hydrogen-bond donors (Lipinski definition) is 1. The molecule has 0 atom stereocenters. The summed E-state index contributed by atoms with van der Waals surface area (Å²) >= 11 is 1.17. The van der Waals surface area contributed by atoms with Crippen LogP contribution in [0, 0.1) is 6.92 Å². The summed E-state index contributed by atoms with van der Waals surface area (Å²) in [6.45, 7) is 4.75. The predicted molar refractivity (Wildman–Crippen MR) is 108 cm³/mol. The molecule has 1 aliphatic rings. The number of thiophene rings is 1. The average Bonchev–Trinajstić information content (AvgIpc) is 3.46. The highest BCUT2D eigenvalue weighted by atomic mass is 32.1. The van der Waals surface area contributed by atoms with E-state index in [-0.39, 0.29) is 28.8 Å². The van der Waals surface area contributed by atoms with Gasteiger partial charge in [-0.2, -0.15) is 18.3 Å². The number of alkyl halides is 3. The van der Waals surface area contributed by atoms with Crippen molar-refractivity contribution in [1.29, 1.82) is 0 Å². The molecule has 0 saturated heterocycles. The van der Waals surface area contributed by atoms with E-state index in [1.165, 1.54) is 11.3 Å². The van der Waals surface area contributed by atoms with E-state index in [9.17, 15) is 27.6 Å². The second-order valence-electron chi connectivity index (χ2n) is 7.18. The normalized spacial score (nSPS) is 13.9. The van der Waals surface area contributed by atoms with E-state index < -0.39 is 35.7 Å². The van der Waals surface area contributed by atoms with Gasteiger partial charge in [0.05, 0.1) is 17.9 Å². The Labute approximate surface area is 180 Å². The van der Waals surface area contributed by atoms with Crippen molar-refractivity contribution in [2.24, 2.45) is 0 Å². The van der Waals surface area contributed by atoms with Gasteiger partial charge in [0.25, 0.3) is 5.56 Å². The molecule has 1 aliphatic carbocycles. The van der Waals surface area contributed by atoms with Crippen LogP contribution in [0.5, 0.6) is 0 Å². The number of carbonyl (C=O) groups is 2. The molecular weight excluding hydrogens is 435 g/mol. The highest BCUT2D eigenvalue weighted by Crippen LogP contribution is 2.40. The number of amides is 1. The van der Waals surface area contributed by atoms with Gasteiger partial charge in [-0.05, 0) is 44.7 Å². The first-order chi connectivity index (χ1) is 14.6. The Hall–Kier alpha value is -2.69. The highest BCUT2D eigenvalue weighted by molar-refractivity contribution is 7.16. The van der Waals surface area contributed by atoms with Crippen molar-refractivity contribution < 1.29 is 27.5 Å². The quantitative estimate of drug-likeness (QED) is 0.637. The molecule has 1 saturated carbocycles. The lowest BCUT2D eigenvalue weighted by molar-refractivity contribution is -0.139. The zero-order valence-electron chi connectivity index (χ0n) is 17.3. The third kappa shape index (κ3) is 4.97. The van der Waals surface area contributed by atoms with Gasteiger partial charge in [-0.1, -0.05) is 6.92 Å². The fourth-order valence-corrected chi connectivity index (χ4v) is 4.41. The average molecular weight is 457 g/mol. The molecule has 168 valence electrons. The molecule has 1 amide bonds. The van der Waals surface area contributed by atoms with E-state index in [1.807, 2.05) is 6.92 Å². The van der Waals surface area contributed by atoms with E-state index in [2.05, 4.69) is 10.4 Å². The van der Waals surface area contributed by atoms with Gasteiger partial charge in [-0.3, -0.25) is 9.59 Å². The smallest absolute Gasteiger partial charge is 0.421 e. The van der Waals surface area contributed by atoms with E-state index in [1.54, 1.807) is 13.8 Å². The van der Waals surface area contributed by atoms with Crippen molar-refractivity contribution in [2.45, 2.75) is 58.7 Å². The van der Waals surface area contributed by atoms with Crippen LogP contribution >= 0.6 is 11.3 Å². The molecule has 2 aromatic rings. The Morgan fingerprint density at radius 3 is 2.55 bits per heavy atom. The lowest BCUT2D eigenvalue weighted by Crippen LogP contribution is -2.35. The van der Waals surface area contributed by atoms with Crippen molar-refractivity contribution >= 4 is 28.2 Å². The molecule has 2 heterocycles. The third-order valence-corrected chi connectivity index (χ3v) is 5.95. The minimum Gasteiger partial charge on any atom is -0.462 e. The maximum atomic E-state index is 13.3. The topological polar surface area (TPSA) is 90.3 Å². The summed E-state index contributed by atoms with van der Waals surface area (Å²) in [7, 11) is 0. The minimum absolute atomic E-state index is 0.140. The van der Waals surface area contributed by atoms with Crippen LogP contribution in [0.25, 0.3) is 0 Å². The number of rotatable bonds is 7. The summed E-state index contributed by atoms with van der Waals surface area (Å²) in [5.74, 6) is -1.49. The third-order valence-electron chi connectivity index (χ3n) is 4.88. The maximum Gasteiger partial charge on any atom is 0.421 e. The van der Waals surface area contributed by atoms with Gasteiger partial charge in [0.2, 0.25) is 5.91 Å². The van der Waals surface area contributed by atoms with Crippen LogP contribution in [0.1, 0.15) is 64.7 Å². The van der Waals surface area contributed by atoms with Crippen LogP contribution < -0.4 is 10.9 Å². The van der Waals surface area contributed by atoms with Crippen molar-refractivity contribution in [1.82, 2.24) is 9.78 Å². The van der Waals surface area contributed by atoms with Crippen molar-refractivity contribution in [3.05, 3.63) is 43.7 Å². The second-order valence-corrected chi connectivity index (χ2v) is 8.41. The molecule has 7 nitrogen and oxygen atoms in total. The van der Waals surface area contributed by atoms with E-state index >= 15 is 0 Å². The molecule has 1 fully saturated rings. The number of ether oxygens (including phenoxy) is 1. The Balaban J connectivity index is 1.91. The fourth-order valence-electron chi connectivity index (χ4n) is 3.27. The largest absolute Gasteiger partial charge is 0.462 e. The number of anilines is 1. The van der Waals surface area contributed by atoms with E-state index in [0.29, 0.717) is 23.9 Å². The van der Waals surface area contributed by atoms with Gasteiger partial charge in [0.15, 0.2) is 0 Å². The van der Waals surface area contributed by atoms with Gasteiger partial charge < -0.3 is 10.1 Å². The fraction of sp³-hybridized carbons (Fsp3) is 0.500. The number of aromatic nitrogens is 2. The molecule has 0 aliphatic heterocycles. The number of nitrogens with one attached hydrogen (secondary N) is 1. The first kappa shape index (κ1) is 23.0. The van der Waals surface area contributed by atoms with Crippen LogP contribution in [0.2, 0.25) is 0 Å². The molecule has 2 aromatic heterocycles. The highest BCUT2D eigenvalue weighted by Gasteiger charge is 2.38. The number of aryl methyl sites for hydroxylation is 1. The number of nitrogens with zero attached hydrogens (tertiary/aromatic N) is 2. The Bertz CT molecular complexity index is 1070. The van der Waals surface area contributed by atoms with Crippen LogP contribution in [-0.4, -0.2) is 28.3 Å². The van der Waals surface area contributed by atoms with Crippen LogP contribution in [0.15, 0.2) is 10.9 Å². The Kier molecular flexibility index (Phi) is 6.54. The SMILES string of the molecule is CCOC(=O)c1c(NC(=O)Cn2nc(C3CC3)cc(C(F)(F)F)c2=O)sc(C)c1CC. The van der Waals surface area contributed by atoms with Gasteiger partial charge in [0.1, 0.15) is 17.1 Å². The summed E-state index contributed by atoms with van der Waals surface area (Å²) < 4.78 is 45.5. The first-order valence-corrected chi connectivity index (χ1v) is 10.7. The number of halogens is 3. The number of hydrogen-bond acceptors (Lipinski definition) is 6. The van der Waals surface area contributed by atoms with Crippen LogP contribution in [-0.2, 0) is 28.7 Å². The molecule has 1 N–H and O–H groups in total. The summed E-state index contributed by atoms with van der Waals surface area (Å²) in [5.41, 5.74) is -1.63. The lowest BCUT2D eigenvalue weighted by atomic mass is 10.1. The van der Waals surface area contributed by atoms with Crippen LogP contribution in [0.4, 0.5) is 18.2 Å². The van der Waals surface area contributed by atoms with Crippen LogP contribution in [0.3, 0.4) is 0 Å². The Morgan fingerprint density at radius 1 is 1.32 bits per heavy atom. The summed E-state index contributed by atoms with van der Waals surface area (Å²) in [4.78, 5) is 38.1. The zero-order chi connectivity index (χ0) is 22.9. The standard InChI is InChI=1S/C20H22F3N3O4S/c1-4-12-10(3)31-17(16(12)19(29)30-5-2)24-15(27)9-26-18(28)13(20(21,22)23)8-14(25-26)11-6-7-11/h8,11H,4-7,9H2,1-3H3,(H,24,27). The van der Waals surface area contributed by atoms with E-state index in [0.717, 1.165) is 16.5 Å². The summed E-state index contributed by atoms with van der Waals surface area (Å²) in [5, 5.41) is 6.75. The number of esters is 1. The second kappa shape index (κ2) is 8.81. The molecule has 0 bridgehead atoms. The van der Waals surface area contributed by atoms with Gasteiger partial charge in [-0.15, -0.1) is 11.3 Å². The molecule has 0 spiro atoms. The van der Waals surface area contributed by atoms with Gasteiger partial charge >= 0.3 is 12.1 Å². The molecule has 11 heteroatoms. The molecule has 31 heavy (non-hydrogen) atoms. The number of carbonyl (C=O) groups excluding carboxylic acids is 2. The predicted octanol–water partition coefficient (Wildman–Crippen LogP) is 3.89. The maximum absolute atomic E-state index is 13.3. The molecule has 0 radical (unpaired) electrons. The minimum atomic E-state index is -4.85. The van der Waals surface area contributed by atoms with E-state index in [4.69, 9.17) is 4.74 Å². The molecule has 3 rings (SSSR count). The summed E-state index contributed by atoms with van der Waals surface area (Å²) in [6, 6.07) is 0.767. The monoisotopic (exact) mass is 457 g/mol. The van der Waals surface area contributed by atoms with Crippen molar-refractivity contribution in [2.75, 3.05) is 11.9 Å². The summed E-state index contributed by atoms with van der Waals surface area (Å²) in [6.07, 6.45) is -2.94.